The predicted octanol–water partition coefficient (Wildman–Crippen LogP) is 2.83. The van der Waals surface area contributed by atoms with Crippen molar-refractivity contribution in [3.05, 3.63) is 29.8 Å². The van der Waals surface area contributed by atoms with Crippen LogP contribution in [0.1, 0.15) is 31.7 Å². The Kier molecular flexibility index (Phi) is 6.52. The van der Waals surface area contributed by atoms with Crippen molar-refractivity contribution in [1.82, 2.24) is 4.90 Å². The van der Waals surface area contributed by atoms with E-state index in [2.05, 4.69) is 17.9 Å². The lowest BCUT2D eigenvalue weighted by Crippen LogP contribution is -2.40. The second-order valence-electron chi connectivity index (χ2n) is 5.36. The van der Waals surface area contributed by atoms with Crippen LogP contribution in [-0.2, 0) is 4.74 Å². The molecule has 1 aliphatic rings. The first-order valence-electron chi connectivity index (χ1n) is 7.78. The maximum absolute atomic E-state index is 8.74. The van der Waals surface area contributed by atoms with Crippen LogP contribution in [0.5, 0.6) is 5.75 Å². The van der Waals surface area contributed by atoms with E-state index in [1.165, 1.54) is 19.4 Å². The molecule has 4 nitrogen and oxygen atoms in total. The minimum Gasteiger partial charge on any atom is -0.494 e. The van der Waals surface area contributed by atoms with Crippen molar-refractivity contribution >= 4 is 0 Å². The van der Waals surface area contributed by atoms with Gasteiger partial charge in [0.25, 0.3) is 0 Å². The molecule has 0 radical (unpaired) electrons. The third-order valence-electron chi connectivity index (χ3n) is 3.74. The highest BCUT2D eigenvalue weighted by atomic mass is 16.5. The molecule has 0 aliphatic carbocycles. The molecule has 114 valence electrons. The number of hydrogen-bond donors (Lipinski definition) is 0. The maximum atomic E-state index is 8.74. The molecule has 0 spiro atoms. The Morgan fingerprint density at radius 1 is 1.33 bits per heavy atom. The zero-order valence-electron chi connectivity index (χ0n) is 12.8. The Balaban J connectivity index is 1.63. The van der Waals surface area contributed by atoms with Gasteiger partial charge in [-0.2, -0.15) is 5.26 Å². The number of hydrogen-bond acceptors (Lipinski definition) is 4. The molecule has 4 heteroatoms. The smallest absolute Gasteiger partial charge is 0.119 e. The Morgan fingerprint density at radius 2 is 2.14 bits per heavy atom. The van der Waals surface area contributed by atoms with E-state index in [0.29, 0.717) is 18.3 Å². The highest BCUT2D eigenvalue weighted by Crippen LogP contribution is 2.14. The highest BCUT2D eigenvalue weighted by Gasteiger charge is 2.19. The van der Waals surface area contributed by atoms with Gasteiger partial charge in [-0.25, -0.2) is 0 Å². The lowest BCUT2D eigenvalue weighted by molar-refractivity contribution is 0.00491. The zero-order valence-corrected chi connectivity index (χ0v) is 12.8. The van der Waals surface area contributed by atoms with Gasteiger partial charge >= 0.3 is 0 Å². The fourth-order valence-electron chi connectivity index (χ4n) is 2.69. The van der Waals surface area contributed by atoms with Crippen molar-refractivity contribution in [2.24, 2.45) is 0 Å². The maximum Gasteiger partial charge on any atom is 0.119 e. The normalized spacial score (nSPS) is 19.1. The summed E-state index contributed by atoms with van der Waals surface area (Å²) >= 11 is 0. The van der Waals surface area contributed by atoms with Crippen LogP contribution in [0.15, 0.2) is 24.3 Å². The van der Waals surface area contributed by atoms with Crippen molar-refractivity contribution in [1.29, 1.82) is 5.26 Å². The van der Waals surface area contributed by atoms with Crippen molar-refractivity contribution < 1.29 is 9.47 Å². The molecule has 2 rings (SSSR count). The Morgan fingerprint density at radius 3 is 2.86 bits per heavy atom. The van der Waals surface area contributed by atoms with Gasteiger partial charge in [0.15, 0.2) is 0 Å². The van der Waals surface area contributed by atoms with Gasteiger partial charge in [-0.1, -0.05) is 0 Å². The van der Waals surface area contributed by atoms with Gasteiger partial charge in [-0.3, -0.25) is 0 Å². The topological polar surface area (TPSA) is 45.5 Å². The summed E-state index contributed by atoms with van der Waals surface area (Å²) in [6, 6.07) is 9.38. The third kappa shape index (κ3) is 5.37. The van der Waals surface area contributed by atoms with Crippen LogP contribution in [0, 0.1) is 11.3 Å². The molecule has 0 N–H and O–H groups in total. The Labute approximate surface area is 127 Å². The van der Waals surface area contributed by atoms with Crippen LogP contribution < -0.4 is 4.74 Å². The first-order valence-corrected chi connectivity index (χ1v) is 7.78. The molecular formula is C17H24N2O2. The number of nitrogens with zero attached hydrogens (tertiary/aromatic N) is 2. The summed E-state index contributed by atoms with van der Waals surface area (Å²) in [5.41, 5.74) is 0.664. The molecule has 0 saturated carbocycles. The van der Waals surface area contributed by atoms with E-state index in [0.717, 1.165) is 31.9 Å². The van der Waals surface area contributed by atoms with Gasteiger partial charge in [-0.05, 0) is 57.0 Å². The second kappa shape index (κ2) is 8.66. The fraction of sp³-hybridized carbons (Fsp3) is 0.588. The average molecular weight is 288 g/mol. The summed E-state index contributed by atoms with van der Waals surface area (Å²) in [4.78, 5) is 2.46. The van der Waals surface area contributed by atoms with Crippen LogP contribution in [0.2, 0.25) is 0 Å². The lowest BCUT2D eigenvalue weighted by atomic mass is 10.1. The number of piperidine rings is 1. The van der Waals surface area contributed by atoms with E-state index in [1.807, 2.05) is 12.1 Å². The van der Waals surface area contributed by atoms with Gasteiger partial charge in [0.1, 0.15) is 5.75 Å². The van der Waals surface area contributed by atoms with Gasteiger partial charge < -0.3 is 14.4 Å². The van der Waals surface area contributed by atoms with Crippen LogP contribution in [0.25, 0.3) is 0 Å². The zero-order chi connectivity index (χ0) is 14.9. The number of benzene rings is 1. The highest BCUT2D eigenvalue weighted by molar-refractivity contribution is 5.34. The summed E-state index contributed by atoms with van der Waals surface area (Å²) < 4.78 is 11.4. The fourth-order valence-corrected chi connectivity index (χ4v) is 2.69. The predicted molar refractivity (Wildman–Crippen MR) is 82.4 cm³/mol. The molecule has 1 aliphatic heterocycles. The van der Waals surface area contributed by atoms with Crippen LogP contribution in [-0.4, -0.2) is 43.9 Å². The molecule has 1 aromatic rings. The molecule has 0 aromatic heterocycles. The van der Waals surface area contributed by atoms with E-state index in [1.54, 1.807) is 12.1 Å². The van der Waals surface area contributed by atoms with E-state index in [-0.39, 0.29) is 0 Å². The van der Waals surface area contributed by atoms with Crippen molar-refractivity contribution in [3.8, 4) is 11.8 Å². The quantitative estimate of drug-likeness (QED) is 0.724. The molecule has 1 unspecified atom stereocenters. The average Bonchev–Trinajstić information content (AvgIpc) is 2.53. The molecule has 1 saturated heterocycles. The molecule has 1 fully saturated rings. The molecule has 1 heterocycles. The largest absolute Gasteiger partial charge is 0.494 e. The van der Waals surface area contributed by atoms with Crippen LogP contribution in [0.3, 0.4) is 0 Å². The van der Waals surface area contributed by atoms with E-state index in [9.17, 15) is 0 Å². The first-order chi connectivity index (χ1) is 10.3. The number of nitriles is 1. The summed E-state index contributed by atoms with van der Waals surface area (Å²) in [6.07, 6.45) is 3.83. The van der Waals surface area contributed by atoms with E-state index < -0.39 is 0 Å². The molecule has 0 amide bonds. The SMILES string of the molecule is CCOC1CCCN(CCCOc2ccc(C#N)cc2)C1. The number of rotatable bonds is 7. The van der Waals surface area contributed by atoms with Crippen molar-refractivity contribution in [2.45, 2.75) is 32.3 Å². The summed E-state index contributed by atoms with van der Waals surface area (Å²) in [7, 11) is 0. The Hall–Kier alpha value is -1.57. The first kappa shape index (κ1) is 15.8. The molecule has 21 heavy (non-hydrogen) atoms. The van der Waals surface area contributed by atoms with Crippen molar-refractivity contribution in [3.63, 3.8) is 0 Å². The van der Waals surface area contributed by atoms with Gasteiger partial charge in [0.2, 0.25) is 0 Å². The summed E-state index contributed by atoms with van der Waals surface area (Å²) in [5.74, 6) is 0.833. The third-order valence-corrected chi connectivity index (χ3v) is 3.74. The lowest BCUT2D eigenvalue weighted by Gasteiger charge is -2.32. The van der Waals surface area contributed by atoms with E-state index in [4.69, 9.17) is 14.7 Å². The second-order valence-corrected chi connectivity index (χ2v) is 5.36. The minimum absolute atomic E-state index is 0.406. The molecule has 0 bridgehead atoms. The standard InChI is InChI=1S/C17H24N2O2/c1-2-20-17-5-3-10-19(14-17)11-4-12-21-16-8-6-15(13-18)7-9-16/h6-9,17H,2-5,10-12,14H2,1H3. The number of likely N-dealkylation sites (tertiary alicyclic amines) is 1. The molecular weight excluding hydrogens is 264 g/mol. The number of ether oxygens (including phenoxy) is 2. The van der Waals surface area contributed by atoms with Gasteiger partial charge in [-0.15, -0.1) is 0 Å². The monoisotopic (exact) mass is 288 g/mol. The van der Waals surface area contributed by atoms with Crippen LogP contribution >= 0.6 is 0 Å². The van der Waals surface area contributed by atoms with Gasteiger partial charge in [0, 0.05) is 19.7 Å². The van der Waals surface area contributed by atoms with E-state index >= 15 is 0 Å². The molecule has 1 aromatic carbocycles. The van der Waals surface area contributed by atoms with Crippen molar-refractivity contribution in [2.75, 3.05) is 32.8 Å². The Bertz CT molecular complexity index is 451. The summed E-state index contributed by atoms with van der Waals surface area (Å²) in [6.45, 7) is 6.84. The van der Waals surface area contributed by atoms with Gasteiger partial charge in [0.05, 0.1) is 24.3 Å². The minimum atomic E-state index is 0.406. The summed E-state index contributed by atoms with van der Waals surface area (Å²) in [5, 5.41) is 8.74. The molecule has 1 atom stereocenters. The van der Waals surface area contributed by atoms with Crippen LogP contribution in [0.4, 0.5) is 0 Å².